The molecule has 1 N–H and O–H groups in total. The van der Waals surface area contributed by atoms with Crippen LogP contribution in [0.15, 0.2) is 42.5 Å². The highest BCUT2D eigenvalue weighted by atomic mass is 16.5. The summed E-state index contributed by atoms with van der Waals surface area (Å²) in [5.74, 6) is 0.0986. The maximum Gasteiger partial charge on any atom is 0.339 e. The van der Waals surface area contributed by atoms with Crippen molar-refractivity contribution < 1.29 is 23.8 Å². The van der Waals surface area contributed by atoms with E-state index in [0.29, 0.717) is 23.7 Å². The van der Waals surface area contributed by atoms with Gasteiger partial charge in [-0.3, -0.25) is 4.79 Å². The molecular formula is C23H27NO5. The normalized spacial score (nSPS) is 16.3. The number of methoxy groups -OCH3 is 1. The van der Waals surface area contributed by atoms with E-state index in [1.165, 1.54) is 12.7 Å². The molecule has 0 fully saturated rings. The van der Waals surface area contributed by atoms with E-state index in [2.05, 4.69) is 11.4 Å². The van der Waals surface area contributed by atoms with Crippen LogP contribution in [0.4, 0.5) is 0 Å². The number of hydrogen-bond acceptors (Lipinski definition) is 5. The maximum atomic E-state index is 12.6. The highest BCUT2D eigenvalue weighted by Crippen LogP contribution is 2.30. The third-order valence-corrected chi connectivity index (χ3v) is 5.04. The minimum atomic E-state index is -0.908. The van der Waals surface area contributed by atoms with Crippen LogP contribution in [0.1, 0.15) is 54.2 Å². The number of nitrogens with one attached hydrogen (secondary N) is 1. The van der Waals surface area contributed by atoms with Crippen LogP contribution in [0.25, 0.3) is 0 Å². The zero-order valence-electron chi connectivity index (χ0n) is 17.1. The van der Waals surface area contributed by atoms with E-state index in [1.54, 1.807) is 25.1 Å². The van der Waals surface area contributed by atoms with E-state index < -0.39 is 12.1 Å². The number of ether oxygens (including phenoxy) is 3. The van der Waals surface area contributed by atoms with Crippen LogP contribution in [0, 0.1) is 0 Å². The zero-order chi connectivity index (χ0) is 20.8. The lowest BCUT2D eigenvalue weighted by Gasteiger charge is -2.27. The first-order valence-electron chi connectivity index (χ1n) is 9.93. The van der Waals surface area contributed by atoms with Gasteiger partial charge >= 0.3 is 5.97 Å². The van der Waals surface area contributed by atoms with E-state index in [9.17, 15) is 9.59 Å². The van der Waals surface area contributed by atoms with Crippen molar-refractivity contribution in [2.45, 2.75) is 45.3 Å². The van der Waals surface area contributed by atoms with Gasteiger partial charge in [-0.2, -0.15) is 0 Å². The van der Waals surface area contributed by atoms with Gasteiger partial charge in [-0.15, -0.1) is 0 Å². The predicted octanol–water partition coefficient (Wildman–Crippen LogP) is 3.83. The van der Waals surface area contributed by atoms with Crippen LogP contribution >= 0.6 is 0 Å². The summed E-state index contributed by atoms with van der Waals surface area (Å²) in [6, 6.07) is 12.9. The van der Waals surface area contributed by atoms with Crippen molar-refractivity contribution in [3.8, 4) is 11.5 Å². The van der Waals surface area contributed by atoms with Gasteiger partial charge < -0.3 is 19.5 Å². The first-order valence-corrected chi connectivity index (χ1v) is 9.93. The largest absolute Gasteiger partial charge is 0.493 e. The quantitative estimate of drug-likeness (QED) is 0.719. The SMILES string of the molecule is CCOc1ccc(C(=O)OC(C)C(=O)NC2CCCc3ccccc32)cc1OC. The van der Waals surface area contributed by atoms with Crippen molar-refractivity contribution >= 4 is 11.9 Å². The second kappa shape index (κ2) is 9.45. The van der Waals surface area contributed by atoms with Gasteiger partial charge in [0.1, 0.15) is 0 Å². The molecule has 0 aliphatic heterocycles. The van der Waals surface area contributed by atoms with Crippen LogP contribution in [-0.4, -0.2) is 31.7 Å². The fraction of sp³-hybridized carbons (Fsp3) is 0.391. The fourth-order valence-electron chi connectivity index (χ4n) is 3.54. The molecule has 29 heavy (non-hydrogen) atoms. The first kappa shape index (κ1) is 20.7. The predicted molar refractivity (Wildman–Crippen MR) is 109 cm³/mol. The minimum absolute atomic E-state index is 0.0563. The number of fused-ring (bicyclic) bond motifs is 1. The molecule has 6 heteroatoms. The second-order valence-corrected chi connectivity index (χ2v) is 7.00. The highest BCUT2D eigenvalue weighted by Gasteiger charge is 2.26. The number of carbonyl (C=O) groups is 2. The summed E-state index contributed by atoms with van der Waals surface area (Å²) in [7, 11) is 1.51. The molecule has 1 amide bonds. The molecule has 2 aromatic rings. The lowest BCUT2D eigenvalue weighted by Crippen LogP contribution is -2.39. The molecule has 0 saturated heterocycles. The Morgan fingerprint density at radius 3 is 2.72 bits per heavy atom. The molecule has 154 valence electrons. The number of benzene rings is 2. The van der Waals surface area contributed by atoms with Gasteiger partial charge in [0.05, 0.1) is 25.3 Å². The summed E-state index contributed by atoms with van der Waals surface area (Å²) in [5, 5.41) is 3.02. The van der Waals surface area contributed by atoms with Gasteiger partial charge in [-0.25, -0.2) is 4.79 Å². The lowest BCUT2D eigenvalue weighted by molar-refractivity contribution is -0.130. The lowest BCUT2D eigenvalue weighted by atomic mass is 9.87. The summed E-state index contributed by atoms with van der Waals surface area (Å²) >= 11 is 0. The molecule has 0 saturated carbocycles. The number of amides is 1. The molecule has 0 heterocycles. The molecule has 6 nitrogen and oxygen atoms in total. The summed E-state index contributed by atoms with van der Waals surface area (Å²) in [4.78, 5) is 25.1. The number of esters is 1. The van der Waals surface area contributed by atoms with Gasteiger partial charge in [0, 0.05) is 0 Å². The number of carbonyl (C=O) groups excluding carboxylic acids is 2. The van der Waals surface area contributed by atoms with E-state index in [4.69, 9.17) is 14.2 Å². The summed E-state index contributed by atoms with van der Waals surface area (Å²) < 4.78 is 16.1. The van der Waals surface area contributed by atoms with Crippen LogP contribution < -0.4 is 14.8 Å². The highest BCUT2D eigenvalue weighted by molar-refractivity contribution is 5.93. The van der Waals surface area contributed by atoms with Crippen LogP contribution in [0.3, 0.4) is 0 Å². The Kier molecular flexibility index (Phi) is 6.75. The standard InChI is InChI=1S/C23H27NO5/c1-4-28-20-13-12-17(14-21(20)27-3)23(26)29-15(2)22(25)24-19-11-7-9-16-8-5-6-10-18(16)19/h5-6,8,10,12-15,19H,4,7,9,11H2,1-3H3,(H,24,25). The van der Waals surface area contributed by atoms with Crippen molar-refractivity contribution in [2.75, 3.05) is 13.7 Å². The van der Waals surface area contributed by atoms with E-state index in [-0.39, 0.29) is 11.9 Å². The van der Waals surface area contributed by atoms with Crippen molar-refractivity contribution in [1.82, 2.24) is 5.32 Å². The average molecular weight is 397 g/mol. The summed E-state index contributed by atoms with van der Waals surface area (Å²) in [5.41, 5.74) is 2.70. The molecule has 0 spiro atoms. The van der Waals surface area contributed by atoms with Gasteiger partial charge in [0.15, 0.2) is 17.6 Å². The van der Waals surface area contributed by atoms with Gasteiger partial charge in [0.25, 0.3) is 5.91 Å². The molecule has 0 bridgehead atoms. The van der Waals surface area contributed by atoms with Crippen LogP contribution in [0.2, 0.25) is 0 Å². The monoisotopic (exact) mass is 397 g/mol. The second-order valence-electron chi connectivity index (χ2n) is 7.00. The molecule has 2 aromatic carbocycles. The Bertz CT molecular complexity index is 879. The first-order chi connectivity index (χ1) is 14.0. The number of hydrogen-bond donors (Lipinski definition) is 1. The molecular weight excluding hydrogens is 370 g/mol. The van der Waals surface area contributed by atoms with Crippen molar-refractivity contribution in [2.24, 2.45) is 0 Å². The Labute approximate surface area is 171 Å². The van der Waals surface area contributed by atoms with Crippen molar-refractivity contribution in [3.05, 3.63) is 59.2 Å². The van der Waals surface area contributed by atoms with E-state index in [0.717, 1.165) is 24.8 Å². The Morgan fingerprint density at radius 1 is 1.17 bits per heavy atom. The smallest absolute Gasteiger partial charge is 0.339 e. The van der Waals surface area contributed by atoms with E-state index >= 15 is 0 Å². The molecule has 0 radical (unpaired) electrons. The molecule has 2 unspecified atom stereocenters. The molecule has 1 aliphatic carbocycles. The molecule has 0 aromatic heterocycles. The molecule has 1 aliphatic rings. The minimum Gasteiger partial charge on any atom is -0.493 e. The maximum absolute atomic E-state index is 12.6. The molecule has 3 rings (SSSR count). The van der Waals surface area contributed by atoms with Crippen LogP contribution in [-0.2, 0) is 16.0 Å². The number of aryl methyl sites for hydroxylation is 1. The molecule has 2 atom stereocenters. The van der Waals surface area contributed by atoms with E-state index in [1.807, 2.05) is 25.1 Å². The number of rotatable bonds is 7. The third kappa shape index (κ3) is 4.88. The summed E-state index contributed by atoms with van der Waals surface area (Å²) in [6.45, 7) is 3.93. The van der Waals surface area contributed by atoms with Crippen LogP contribution in [0.5, 0.6) is 11.5 Å². The zero-order valence-corrected chi connectivity index (χ0v) is 17.1. The van der Waals surface area contributed by atoms with Gasteiger partial charge in [-0.1, -0.05) is 24.3 Å². The van der Waals surface area contributed by atoms with Crippen molar-refractivity contribution in [1.29, 1.82) is 0 Å². The average Bonchev–Trinajstić information content (AvgIpc) is 2.74. The Morgan fingerprint density at radius 2 is 1.97 bits per heavy atom. The van der Waals surface area contributed by atoms with Gasteiger partial charge in [-0.05, 0) is 62.4 Å². The third-order valence-electron chi connectivity index (χ3n) is 5.04. The van der Waals surface area contributed by atoms with Gasteiger partial charge in [0.2, 0.25) is 0 Å². The topological polar surface area (TPSA) is 73.9 Å². The fourth-order valence-corrected chi connectivity index (χ4v) is 3.54. The Hall–Kier alpha value is -3.02. The van der Waals surface area contributed by atoms with Crippen molar-refractivity contribution in [3.63, 3.8) is 0 Å². The summed E-state index contributed by atoms with van der Waals surface area (Å²) in [6.07, 6.45) is 2.00. The Balaban J connectivity index is 1.63.